The number of fused-ring (bicyclic) bond motifs is 1. The maximum Gasteiger partial charge on any atom is 0.253 e. The van der Waals surface area contributed by atoms with Gasteiger partial charge in [0.1, 0.15) is 0 Å². The molecule has 2 aliphatic heterocycles. The molecule has 4 heteroatoms. The van der Waals surface area contributed by atoms with Gasteiger partial charge < -0.3 is 10.2 Å². The van der Waals surface area contributed by atoms with E-state index < -0.39 is 0 Å². The molecule has 1 amide bonds. The van der Waals surface area contributed by atoms with Crippen molar-refractivity contribution in [2.45, 2.75) is 52.9 Å². The zero-order valence-electron chi connectivity index (χ0n) is 14.7. The molecule has 0 saturated carbocycles. The maximum atomic E-state index is 13.1. The highest BCUT2D eigenvalue weighted by Gasteiger charge is 2.31. The first kappa shape index (κ1) is 17.3. The number of hydrogen-bond acceptors (Lipinski definition) is 2. The van der Waals surface area contributed by atoms with Crippen LogP contribution in [0.25, 0.3) is 0 Å². The number of benzene rings is 1. The summed E-state index contributed by atoms with van der Waals surface area (Å²) >= 11 is 3.66. The van der Waals surface area contributed by atoms with Gasteiger partial charge in [0.15, 0.2) is 0 Å². The van der Waals surface area contributed by atoms with E-state index in [1.54, 1.807) is 0 Å². The van der Waals surface area contributed by atoms with Gasteiger partial charge in [0.25, 0.3) is 5.91 Å². The zero-order valence-corrected chi connectivity index (χ0v) is 16.3. The third-order valence-corrected chi connectivity index (χ3v) is 5.96. The summed E-state index contributed by atoms with van der Waals surface area (Å²) in [7, 11) is 0. The number of carbonyl (C=O) groups excluding carboxylic acids is 1. The van der Waals surface area contributed by atoms with E-state index in [9.17, 15) is 4.79 Å². The van der Waals surface area contributed by atoms with Crippen LogP contribution in [0.5, 0.6) is 0 Å². The van der Waals surface area contributed by atoms with E-state index in [4.69, 9.17) is 0 Å². The molecule has 0 aliphatic carbocycles. The molecule has 0 unspecified atom stereocenters. The van der Waals surface area contributed by atoms with Crippen molar-refractivity contribution >= 4 is 27.5 Å². The van der Waals surface area contributed by atoms with E-state index in [-0.39, 0.29) is 5.91 Å². The fourth-order valence-electron chi connectivity index (χ4n) is 3.69. The Bertz CT molecular complexity index is 711. The molecule has 3 nitrogen and oxygen atoms in total. The quantitative estimate of drug-likeness (QED) is 0.774. The molecule has 24 heavy (non-hydrogen) atoms. The van der Waals surface area contributed by atoms with Crippen molar-refractivity contribution in [1.29, 1.82) is 0 Å². The van der Waals surface area contributed by atoms with E-state index in [1.807, 2.05) is 0 Å². The summed E-state index contributed by atoms with van der Waals surface area (Å²) in [5.41, 5.74) is 6.80. The average Bonchev–Trinajstić information content (AvgIpc) is 3.08. The number of hydrogen-bond donors (Lipinski definition) is 1. The number of halogens is 1. The molecule has 1 N–H and O–H groups in total. The van der Waals surface area contributed by atoms with Crippen LogP contribution >= 0.6 is 15.9 Å². The second-order valence-corrected chi connectivity index (χ2v) is 7.42. The monoisotopic (exact) mass is 388 g/mol. The number of rotatable bonds is 4. The van der Waals surface area contributed by atoms with Crippen molar-refractivity contribution < 1.29 is 4.79 Å². The van der Waals surface area contributed by atoms with E-state index in [2.05, 4.69) is 65.1 Å². The lowest BCUT2D eigenvalue weighted by molar-refractivity contribution is -0.113. The summed E-state index contributed by atoms with van der Waals surface area (Å²) in [6.07, 6.45) is 4.65. The Morgan fingerprint density at radius 1 is 1.25 bits per heavy atom. The van der Waals surface area contributed by atoms with Crippen molar-refractivity contribution in [3.05, 3.63) is 50.8 Å². The van der Waals surface area contributed by atoms with Crippen LogP contribution < -0.4 is 5.32 Å². The lowest BCUT2D eigenvalue weighted by Gasteiger charge is -2.29. The van der Waals surface area contributed by atoms with Gasteiger partial charge in [-0.1, -0.05) is 48.0 Å². The number of allylic oxidation sites excluding steroid dienone is 3. The van der Waals surface area contributed by atoms with Crippen LogP contribution in [0.3, 0.4) is 0 Å². The Morgan fingerprint density at radius 3 is 2.54 bits per heavy atom. The summed E-state index contributed by atoms with van der Waals surface area (Å²) in [5.74, 6) is 0.0527. The fourth-order valence-corrected chi connectivity index (χ4v) is 4.19. The predicted octanol–water partition coefficient (Wildman–Crippen LogP) is 5.13. The minimum absolute atomic E-state index is 0.0527. The van der Waals surface area contributed by atoms with Crippen LogP contribution in [-0.4, -0.2) is 17.4 Å². The first-order chi connectivity index (χ1) is 11.6. The molecule has 0 atom stereocenters. The number of anilines is 1. The van der Waals surface area contributed by atoms with Gasteiger partial charge in [0.05, 0.1) is 0 Å². The lowest BCUT2D eigenvalue weighted by atomic mass is 10.00. The number of amides is 1. The molecular formula is C20H25BrN2O. The molecule has 2 heterocycles. The topological polar surface area (TPSA) is 32.3 Å². The van der Waals surface area contributed by atoms with Gasteiger partial charge in [-0.05, 0) is 43.7 Å². The Labute approximate surface area is 152 Å². The maximum absolute atomic E-state index is 13.1. The molecule has 1 fully saturated rings. The molecule has 0 radical (unpaired) electrons. The smallest absolute Gasteiger partial charge is 0.253 e. The zero-order chi connectivity index (χ0) is 17.3. The Kier molecular flexibility index (Phi) is 5.14. The summed E-state index contributed by atoms with van der Waals surface area (Å²) in [4.78, 5) is 15.4. The van der Waals surface area contributed by atoms with Crippen molar-refractivity contribution in [2.75, 3.05) is 11.9 Å². The van der Waals surface area contributed by atoms with Crippen molar-refractivity contribution in [3.63, 3.8) is 0 Å². The summed E-state index contributed by atoms with van der Waals surface area (Å²) in [6.45, 7) is 7.41. The average molecular weight is 389 g/mol. The number of para-hydroxylation sites is 1. The van der Waals surface area contributed by atoms with Gasteiger partial charge in [0, 0.05) is 40.1 Å². The first-order valence-electron chi connectivity index (χ1n) is 8.83. The van der Waals surface area contributed by atoms with Gasteiger partial charge in [-0.25, -0.2) is 0 Å². The van der Waals surface area contributed by atoms with Crippen LogP contribution in [0.15, 0.2) is 39.6 Å². The summed E-state index contributed by atoms with van der Waals surface area (Å²) < 4.78 is 1.12. The summed E-state index contributed by atoms with van der Waals surface area (Å²) in [6, 6.07) is 6.29. The van der Waals surface area contributed by atoms with Crippen molar-refractivity contribution in [2.24, 2.45) is 0 Å². The molecule has 0 spiro atoms. The third-order valence-electron chi connectivity index (χ3n) is 5.11. The van der Waals surface area contributed by atoms with Crippen molar-refractivity contribution in [1.82, 2.24) is 4.90 Å². The molecule has 0 bridgehead atoms. The Morgan fingerprint density at radius 2 is 1.92 bits per heavy atom. The predicted molar refractivity (Wildman–Crippen MR) is 103 cm³/mol. The van der Waals surface area contributed by atoms with Crippen LogP contribution in [0.1, 0.15) is 51.2 Å². The fraction of sp³-hybridized carbons (Fsp3) is 0.450. The Balaban J connectivity index is 1.93. The van der Waals surface area contributed by atoms with Gasteiger partial charge in [-0.15, -0.1) is 0 Å². The largest absolute Gasteiger partial charge is 0.348 e. The standard InChI is InChI=1S/C20H25BrN2O/c1-4-14-8-6-9-15(5-2)19(14)22-20(24)16-12-17(21)13(3)23-11-7-10-18(16)23/h6,8-9H,4-5,7,10-12H2,1-3H3,(H,22,24). The second kappa shape index (κ2) is 7.14. The first-order valence-corrected chi connectivity index (χ1v) is 9.63. The molecule has 128 valence electrons. The minimum atomic E-state index is 0.0527. The van der Waals surface area contributed by atoms with Gasteiger partial charge in [-0.3, -0.25) is 4.79 Å². The van der Waals surface area contributed by atoms with Gasteiger partial charge in [0.2, 0.25) is 0 Å². The van der Waals surface area contributed by atoms with E-state index in [0.717, 1.165) is 48.0 Å². The van der Waals surface area contributed by atoms with Crippen LogP contribution in [0.4, 0.5) is 5.69 Å². The molecule has 3 rings (SSSR count). The van der Waals surface area contributed by atoms with E-state index in [1.165, 1.54) is 22.5 Å². The van der Waals surface area contributed by atoms with Crippen LogP contribution in [0, 0.1) is 0 Å². The normalized spacial score (nSPS) is 17.4. The number of carbonyl (C=O) groups is 1. The number of nitrogens with one attached hydrogen (secondary N) is 1. The highest BCUT2D eigenvalue weighted by atomic mass is 79.9. The molecule has 2 aliphatic rings. The number of aryl methyl sites for hydroxylation is 2. The minimum Gasteiger partial charge on any atom is -0.348 e. The lowest BCUT2D eigenvalue weighted by Crippen LogP contribution is -2.27. The van der Waals surface area contributed by atoms with Crippen LogP contribution in [0.2, 0.25) is 0 Å². The molecular weight excluding hydrogens is 364 g/mol. The highest BCUT2D eigenvalue weighted by molar-refractivity contribution is 9.11. The Hall–Kier alpha value is -1.55. The molecule has 1 aromatic rings. The molecule has 0 aromatic heterocycles. The van der Waals surface area contributed by atoms with E-state index in [0.29, 0.717) is 6.42 Å². The molecule has 1 aromatic carbocycles. The van der Waals surface area contributed by atoms with Crippen LogP contribution in [-0.2, 0) is 17.6 Å². The van der Waals surface area contributed by atoms with E-state index >= 15 is 0 Å². The second-order valence-electron chi connectivity index (χ2n) is 6.46. The third kappa shape index (κ3) is 3.04. The van der Waals surface area contributed by atoms with Gasteiger partial charge in [-0.2, -0.15) is 0 Å². The number of nitrogens with zero attached hydrogens (tertiary/aromatic N) is 1. The van der Waals surface area contributed by atoms with Gasteiger partial charge >= 0.3 is 0 Å². The SMILES string of the molecule is CCc1cccc(CC)c1NC(=O)C1=C2CCCN2C(C)=C(Br)C1. The molecule has 1 saturated heterocycles. The highest BCUT2D eigenvalue weighted by Crippen LogP contribution is 2.39. The van der Waals surface area contributed by atoms with Crippen molar-refractivity contribution in [3.8, 4) is 0 Å². The summed E-state index contributed by atoms with van der Waals surface area (Å²) in [5, 5.41) is 3.23.